The fraction of sp³-hybridized carbons (Fsp3) is 0.500. The van der Waals surface area contributed by atoms with Gasteiger partial charge in [-0.1, -0.05) is 6.07 Å². The van der Waals surface area contributed by atoms with Crippen LogP contribution in [0.4, 0.5) is 0 Å². The lowest BCUT2D eigenvalue weighted by Gasteiger charge is -2.30. The molecule has 0 radical (unpaired) electrons. The third kappa shape index (κ3) is 3.39. The maximum absolute atomic E-state index is 9.46. The zero-order valence-electron chi connectivity index (χ0n) is 13.4. The molecule has 0 saturated carbocycles. The van der Waals surface area contributed by atoms with Gasteiger partial charge in [0.1, 0.15) is 0 Å². The van der Waals surface area contributed by atoms with Crippen LogP contribution in [-0.4, -0.2) is 46.1 Å². The van der Waals surface area contributed by atoms with Crippen molar-refractivity contribution in [3.05, 3.63) is 54.1 Å². The zero-order valence-corrected chi connectivity index (χ0v) is 13.4. The van der Waals surface area contributed by atoms with E-state index >= 15 is 0 Å². The number of likely N-dealkylation sites (N-methyl/N-ethyl adjacent to an activating group) is 1. The van der Waals surface area contributed by atoms with Gasteiger partial charge < -0.3 is 14.9 Å². The Morgan fingerprint density at radius 3 is 2.68 bits per heavy atom. The lowest BCUT2D eigenvalue weighted by Crippen LogP contribution is -2.31. The molecular weight excluding hydrogens is 274 g/mol. The minimum atomic E-state index is -0.466. The number of hydrogen-bond donors (Lipinski definition) is 1. The summed E-state index contributed by atoms with van der Waals surface area (Å²) < 4.78 is 0. The van der Waals surface area contributed by atoms with Gasteiger partial charge in [0.15, 0.2) is 0 Å². The second-order valence-corrected chi connectivity index (χ2v) is 6.41. The van der Waals surface area contributed by atoms with Crippen molar-refractivity contribution in [1.82, 2.24) is 14.8 Å². The van der Waals surface area contributed by atoms with Crippen LogP contribution in [0.1, 0.15) is 43.0 Å². The monoisotopic (exact) mass is 299 g/mol. The Bertz CT molecular complexity index is 538. The van der Waals surface area contributed by atoms with Gasteiger partial charge >= 0.3 is 0 Å². The molecule has 22 heavy (non-hydrogen) atoms. The molecule has 0 amide bonds. The highest BCUT2D eigenvalue weighted by Crippen LogP contribution is 2.27. The fourth-order valence-electron chi connectivity index (χ4n) is 3.23. The smallest absolute Gasteiger partial charge is 0.0936 e. The van der Waals surface area contributed by atoms with E-state index in [0.29, 0.717) is 5.92 Å². The van der Waals surface area contributed by atoms with Crippen LogP contribution in [0.25, 0.3) is 0 Å². The van der Waals surface area contributed by atoms with E-state index in [1.165, 1.54) is 30.6 Å². The van der Waals surface area contributed by atoms with Crippen LogP contribution in [-0.2, 0) is 0 Å². The SMILES string of the molecule is C[C@H](c1ccc(C2CCCN(C)C2)nc1)N1C=CC(O)C=C1. The predicted molar refractivity (Wildman–Crippen MR) is 88.2 cm³/mol. The lowest BCUT2D eigenvalue weighted by atomic mass is 9.94. The van der Waals surface area contributed by atoms with Crippen molar-refractivity contribution in [3.8, 4) is 0 Å². The Morgan fingerprint density at radius 2 is 2.05 bits per heavy atom. The number of piperidine rings is 1. The van der Waals surface area contributed by atoms with Crippen molar-refractivity contribution >= 4 is 0 Å². The van der Waals surface area contributed by atoms with E-state index < -0.39 is 6.10 Å². The first-order valence-electron chi connectivity index (χ1n) is 8.10. The standard InChI is InChI=1S/C18H25N3O/c1-14(21-10-7-17(22)8-11-21)15-5-6-18(19-12-15)16-4-3-9-20(2)13-16/h5-8,10-12,14,16-17,22H,3-4,9,13H2,1-2H3/t14-,16?/m1/s1. The molecule has 4 nitrogen and oxygen atoms in total. The molecule has 1 aromatic heterocycles. The van der Waals surface area contributed by atoms with E-state index in [4.69, 9.17) is 4.98 Å². The number of pyridine rings is 1. The summed E-state index contributed by atoms with van der Waals surface area (Å²) in [5.41, 5.74) is 2.40. The van der Waals surface area contributed by atoms with Gasteiger partial charge in [0, 0.05) is 36.8 Å². The number of hydrogen-bond acceptors (Lipinski definition) is 4. The van der Waals surface area contributed by atoms with Crippen molar-refractivity contribution in [2.45, 2.75) is 37.8 Å². The van der Waals surface area contributed by atoms with Gasteiger partial charge in [-0.25, -0.2) is 0 Å². The van der Waals surface area contributed by atoms with Gasteiger partial charge in [-0.05, 0) is 57.1 Å². The van der Waals surface area contributed by atoms with Crippen LogP contribution in [0.3, 0.4) is 0 Å². The molecule has 2 atom stereocenters. The molecule has 1 aromatic rings. The fourth-order valence-corrected chi connectivity index (χ4v) is 3.23. The molecule has 1 fully saturated rings. The van der Waals surface area contributed by atoms with Crippen molar-refractivity contribution in [2.24, 2.45) is 0 Å². The summed E-state index contributed by atoms with van der Waals surface area (Å²) in [6, 6.07) is 4.59. The van der Waals surface area contributed by atoms with Crippen LogP contribution in [0.5, 0.6) is 0 Å². The predicted octanol–water partition coefficient (Wildman–Crippen LogP) is 2.66. The second kappa shape index (κ2) is 6.63. The number of likely N-dealkylation sites (tertiary alicyclic amines) is 1. The normalized spacial score (nSPS) is 24.7. The molecule has 118 valence electrons. The molecule has 0 aromatic carbocycles. The molecule has 2 aliphatic rings. The molecule has 2 aliphatic heterocycles. The van der Waals surface area contributed by atoms with E-state index in [2.05, 4.69) is 35.9 Å². The summed E-state index contributed by atoms with van der Waals surface area (Å²) >= 11 is 0. The average molecular weight is 299 g/mol. The Kier molecular flexibility index (Phi) is 4.60. The third-order valence-corrected chi connectivity index (χ3v) is 4.69. The summed E-state index contributed by atoms with van der Waals surface area (Å²) in [6.07, 6.45) is 11.5. The molecule has 1 N–H and O–H groups in total. The van der Waals surface area contributed by atoms with Crippen molar-refractivity contribution in [2.75, 3.05) is 20.1 Å². The Balaban J connectivity index is 1.68. The average Bonchev–Trinajstić information content (AvgIpc) is 2.55. The summed E-state index contributed by atoms with van der Waals surface area (Å²) in [5.74, 6) is 0.563. The number of aliphatic hydroxyl groups excluding tert-OH is 1. The number of rotatable bonds is 3. The molecule has 1 saturated heterocycles. The maximum Gasteiger partial charge on any atom is 0.0936 e. The molecule has 0 bridgehead atoms. The minimum absolute atomic E-state index is 0.218. The Hall–Kier alpha value is -1.65. The van der Waals surface area contributed by atoms with E-state index in [-0.39, 0.29) is 6.04 Å². The summed E-state index contributed by atoms with van der Waals surface area (Å²) in [4.78, 5) is 9.20. The molecule has 3 heterocycles. The van der Waals surface area contributed by atoms with Crippen LogP contribution in [0.2, 0.25) is 0 Å². The maximum atomic E-state index is 9.46. The first-order valence-corrected chi connectivity index (χ1v) is 8.10. The van der Waals surface area contributed by atoms with Gasteiger partial charge in [-0.3, -0.25) is 4.98 Å². The van der Waals surface area contributed by atoms with Gasteiger partial charge in [0.25, 0.3) is 0 Å². The van der Waals surface area contributed by atoms with Crippen LogP contribution in [0, 0.1) is 0 Å². The topological polar surface area (TPSA) is 39.6 Å². The third-order valence-electron chi connectivity index (χ3n) is 4.69. The number of aliphatic hydroxyl groups is 1. The highest BCUT2D eigenvalue weighted by molar-refractivity contribution is 5.22. The Morgan fingerprint density at radius 1 is 1.27 bits per heavy atom. The molecular formula is C18H25N3O. The molecule has 0 spiro atoms. The number of nitrogens with zero attached hydrogens (tertiary/aromatic N) is 3. The van der Waals surface area contributed by atoms with E-state index in [9.17, 15) is 5.11 Å². The first kappa shape index (κ1) is 15.3. The zero-order chi connectivity index (χ0) is 15.5. The van der Waals surface area contributed by atoms with Crippen LogP contribution >= 0.6 is 0 Å². The van der Waals surface area contributed by atoms with E-state index in [1.54, 1.807) is 12.2 Å². The van der Waals surface area contributed by atoms with Crippen molar-refractivity contribution < 1.29 is 5.11 Å². The highest BCUT2D eigenvalue weighted by atomic mass is 16.3. The van der Waals surface area contributed by atoms with Crippen LogP contribution < -0.4 is 0 Å². The van der Waals surface area contributed by atoms with Crippen molar-refractivity contribution in [3.63, 3.8) is 0 Å². The second-order valence-electron chi connectivity index (χ2n) is 6.41. The van der Waals surface area contributed by atoms with Gasteiger partial charge in [0.05, 0.1) is 12.1 Å². The summed E-state index contributed by atoms with van der Waals surface area (Å²) in [6.45, 7) is 4.46. The quantitative estimate of drug-likeness (QED) is 0.931. The van der Waals surface area contributed by atoms with Crippen molar-refractivity contribution in [1.29, 1.82) is 0 Å². The minimum Gasteiger partial charge on any atom is -0.385 e. The van der Waals surface area contributed by atoms with Gasteiger partial charge in [-0.15, -0.1) is 0 Å². The van der Waals surface area contributed by atoms with Crippen LogP contribution in [0.15, 0.2) is 42.9 Å². The van der Waals surface area contributed by atoms with Gasteiger partial charge in [0.2, 0.25) is 0 Å². The lowest BCUT2D eigenvalue weighted by molar-refractivity contribution is 0.248. The summed E-state index contributed by atoms with van der Waals surface area (Å²) in [5, 5.41) is 9.46. The first-order chi connectivity index (χ1) is 10.6. The van der Waals surface area contributed by atoms with E-state index in [0.717, 1.165) is 6.54 Å². The largest absolute Gasteiger partial charge is 0.385 e. The number of aromatic nitrogens is 1. The summed E-state index contributed by atoms with van der Waals surface area (Å²) in [7, 11) is 2.19. The highest BCUT2D eigenvalue weighted by Gasteiger charge is 2.20. The molecule has 0 aliphatic carbocycles. The van der Waals surface area contributed by atoms with Gasteiger partial charge in [-0.2, -0.15) is 0 Å². The molecule has 3 rings (SSSR count). The molecule has 4 heteroatoms. The molecule has 1 unspecified atom stereocenters. The Labute approximate surface area is 132 Å². The van der Waals surface area contributed by atoms with E-state index in [1.807, 2.05) is 18.6 Å².